The first-order chi connectivity index (χ1) is 12.4. The van der Waals surface area contributed by atoms with Gasteiger partial charge in [0.05, 0.1) is 0 Å². The van der Waals surface area contributed by atoms with Gasteiger partial charge in [0.15, 0.2) is 0 Å². The lowest BCUT2D eigenvalue weighted by molar-refractivity contribution is 0.102. The molecule has 4 rings (SSSR count). The Bertz CT molecular complexity index is 1000. The zero-order valence-corrected chi connectivity index (χ0v) is 15.7. The summed E-state index contributed by atoms with van der Waals surface area (Å²) < 4.78 is 0. The van der Waals surface area contributed by atoms with Crippen LogP contribution in [0.5, 0.6) is 0 Å². The van der Waals surface area contributed by atoms with Crippen molar-refractivity contribution in [3.63, 3.8) is 0 Å². The summed E-state index contributed by atoms with van der Waals surface area (Å²) >= 11 is 0. The Labute approximate surface area is 154 Å². The number of anilines is 2. The minimum atomic E-state index is -0.0743. The highest BCUT2D eigenvalue weighted by Gasteiger charge is 2.40. The van der Waals surface area contributed by atoms with Gasteiger partial charge in [-0.05, 0) is 41.5 Å². The Balaban J connectivity index is 1.67. The Hall–Kier alpha value is -2.81. The van der Waals surface area contributed by atoms with E-state index in [1.165, 1.54) is 11.3 Å². The molecule has 3 aromatic carbocycles. The highest BCUT2D eigenvalue weighted by Crippen LogP contribution is 2.45. The summed E-state index contributed by atoms with van der Waals surface area (Å²) in [6, 6.07) is 20.5. The maximum absolute atomic E-state index is 12.9. The second-order valence-corrected chi connectivity index (χ2v) is 7.72. The van der Waals surface area contributed by atoms with Gasteiger partial charge < -0.3 is 10.2 Å². The maximum atomic E-state index is 12.9. The van der Waals surface area contributed by atoms with Crippen molar-refractivity contribution in [1.82, 2.24) is 0 Å². The van der Waals surface area contributed by atoms with E-state index < -0.39 is 0 Å². The van der Waals surface area contributed by atoms with Gasteiger partial charge in [-0.25, -0.2) is 0 Å². The fraction of sp³-hybridized carbons (Fsp3) is 0.261. The van der Waals surface area contributed by atoms with Crippen LogP contribution in [0.15, 0.2) is 60.7 Å². The fourth-order valence-corrected chi connectivity index (χ4v) is 3.99. The molecule has 1 aliphatic heterocycles. The SMILES string of the molecule is CC1N(C)c2cc(NC(=O)c3cccc4ccccc34)ccc2C1(C)C. The molecule has 0 spiro atoms. The zero-order chi connectivity index (χ0) is 18.5. The van der Waals surface area contributed by atoms with Crippen LogP contribution >= 0.6 is 0 Å². The summed E-state index contributed by atoms with van der Waals surface area (Å²) in [5.74, 6) is -0.0743. The molecule has 1 atom stereocenters. The molecule has 3 heteroatoms. The van der Waals surface area contributed by atoms with Crippen molar-refractivity contribution in [3.8, 4) is 0 Å². The van der Waals surface area contributed by atoms with Crippen LogP contribution in [0.3, 0.4) is 0 Å². The summed E-state index contributed by atoms with van der Waals surface area (Å²) in [6.07, 6.45) is 0. The molecule has 1 heterocycles. The molecule has 0 aliphatic carbocycles. The highest BCUT2D eigenvalue weighted by molar-refractivity contribution is 6.13. The van der Waals surface area contributed by atoms with Crippen molar-refractivity contribution in [1.29, 1.82) is 0 Å². The van der Waals surface area contributed by atoms with Crippen LogP contribution < -0.4 is 10.2 Å². The van der Waals surface area contributed by atoms with Crippen LogP contribution in [-0.2, 0) is 5.41 Å². The molecular formula is C23H24N2O. The van der Waals surface area contributed by atoms with Crippen LogP contribution in [0.2, 0.25) is 0 Å². The van der Waals surface area contributed by atoms with Crippen molar-refractivity contribution < 1.29 is 4.79 Å². The van der Waals surface area contributed by atoms with E-state index in [1.807, 2.05) is 48.5 Å². The van der Waals surface area contributed by atoms with Crippen LogP contribution in [0.25, 0.3) is 10.8 Å². The number of rotatable bonds is 2. The molecule has 0 bridgehead atoms. The Morgan fingerprint density at radius 2 is 1.77 bits per heavy atom. The maximum Gasteiger partial charge on any atom is 0.256 e. The molecule has 132 valence electrons. The summed E-state index contributed by atoms with van der Waals surface area (Å²) in [6.45, 7) is 6.79. The monoisotopic (exact) mass is 344 g/mol. The number of hydrogen-bond acceptors (Lipinski definition) is 2. The number of amides is 1. The third kappa shape index (κ3) is 2.47. The molecule has 0 aromatic heterocycles. The van der Waals surface area contributed by atoms with Crippen LogP contribution in [0.1, 0.15) is 36.7 Å². The molecule has 0 fully saturated rings. The quantitative estimate of drug-likeness (QED) is 0.692. The first kappa shape index (κ1) is 16.6. The number of fused-ring (bicyclic) bond motifs is 2. The second-order valence-electron chi connectivity index (χ2n) is 7.72. The van der Waals surface area contributed by atoms with E-state index in [4.69, 9.17) is 0 Å². The van der Waals surface area contributed by atoms with E-state index in [2.05, 4.69) is 50.2 Å². The van der Waals surface area contributed by atoms with Crippen molar-refractivity contribution >= 4 is 28.1 Å². The number of nitrogens with one attached hydrogen (secondary N) is 1. The van der Waals surface area contributed by atoms with E-state index in [0.29, 0.717) is 11.6 Å². The zero-order valence-electron chi connectivity index (χ0n) is 15.7. The number of hydrogen-bond donors (Lipinski definition) is 1. The van der Waals surface area contributed by atoms with Crippen molar-refractivity contribution in [2.45, 2.75) is 32.2 Å². The number of likely N-dealkylation sites (N-methyl/N-ethyl adjacent to an activating group) is 1. The van der Waals surface area contributed by atoms with E-state index >= 15 is 0 Å². The Morgan fingerprint density at radius 1 is 1.04 bits per heavy atom. The van der Waals surface area contributed by atoms with E-state index in [9.17, 15) is 4.79 Å². The molecule has 1 aliphatic rings. The lowest BCUT2D eigenvalue weighted by atomic mass is 9.81. The van der Waals surface area contributed by atoms with E-state index in [-0.39, 0.29) is 11.3 Å². The molecule has 0 saturated carbocycles. The normalized spacial score (nSPS) is 18.0. The fourth-order valence-electron chi connectivity index (χ4n) is 3.99. The predicted octanol–water partition coefficient (Wildman–Crippen LogP) is 5.21. The molecule has 3 nitrogen and oxygen atoms in total. The number of carbonyl (C=O) groups excluding carboxylic acids is 1. The minimum absolute atomic E-state index is 0.0743. The van der Waals surface area contributed by atoms with Gasteiger partial charge in [0.2, 0.25) is 0 Å². The average Bonchev–Trinajstić information content (AvgIpc) is 2.81. The van der Waals surface area contributed by atoms with Crippen LogP contribution in [0, 0.1) is 0 Å². The molecule has 3 aromatic rings. The first-order valence-corrected chi connectivity index (χ1v) is 9.06. The second kappa shape index (κ2) is 5.87. The summed E-state index contributed by atoms with van der Waals surface area (Å²) in [5.41, 5.74) is 4.15. The van der Waals surface area contributed by atoms with Crippen molar-refractivity contribution in [3.05, 3.63) is 71.8 Å². The third-order valence-electron chi connectivity index (χ3n) is 5.99. The summed E-state index contributed by atoms with van der Waals surface area (Å²) in [5, 5.41) is 5.12. The van der Waals surface area contributed by atoms with Gasteiger partial charge in [-0.15, -0.1) is 0 Å². The van der Waals surface area contributed by atoms with Gasteiger partial charge in [0, 0.05) is 35.4 Å². The van der Waals surface area contributed by atoms with Crippen LogP contribution in [-0.4, -0.2) is 19.0 Å². The molecule has 1 unspecified atom stereocenters. The number of nitrogens with zero attached hydrogens (tertiary/aromatic N) is 1. The third-order valence-corrected chi connectivity index (χ3v) is 5.99. The van der Waals surface area contributed by atoms with Gasteiger partial charge >= 0.3 is 0 Å². The molecule has 1 amide bonds. The summed E-state index contributed by atoms with van der Waals surface area (Å²) in [4.78, 5) is 15.2. The molecule has 0 radical (unpaired) electrons. The number of benzene rings is 3. The molecular weight excluding hydrogens is 320 g/mol. The largest absolute Gasteiger partial charge is 0.371 e. The Kier molecular flexibility index (Phi) is 3.76. The van der Waals surface area contributed by atoms with E-state index in [1.54, 1.807) is 0 Å². The van der Waals surface area contributed by atoms with Crippen molar-refractivity contribution in [2.24, 2.45) is 0 Å². The Morgan fingerprint density at radius 3 is 2.58 bits per heavy atom. The van der Waals surface area contributed by atoms with Gasteiger partial charge in [-0.1, -0.05) is 56.3 Å². The highest BCUT2D eigenvalue weighted by atomic mass is 16.1. The van der Waals surface area contributed by atoms with Gasteiger partial charge in [-0.3, -0.25) is 4.79 Å². The van der Waals surface area contributed by atoms with Gasteiger partial charge in [0.25, 0.3) is 5.91 Å². The molecule has 0 saturated heterocycles. The average molecular weight is 344 g/mol. The molecule has 1 N–H and O–H groups in total. The van der Waals surface area contributed by atoms with Crippen LogP contribution in [0.4, 0.5) is 11.4 Å². The predicted molar refractivity (Wildman–Crippen MR) is 109 cm³/mol. The summed E-state index contributed by atoms with van der Waals surface area (Å²) in [7, 11) is 2.12. The molecule has 26 heavy (non-hydrogen) atoms. The lowest BCUT2D eigenvalue weighted by Gasteiger charge is -2.28. The topological polar surface area (TPSA) is 32.3 Å². The lowest BCUT2D eigenvalue weighted by Crippen LogP contribution is -2.36. The van der Waals surface area contributed by atoms with Crippen molar-refractivity contribution in [2.75, 3.05) is 17.3 Å². The minimum Gasteiger partial charge on any atom is -0.371 e. The standard InChI is InChI=1S/C23H24N2O/c1-15-23(2,3)20-13-12-17(14-21(20)25(15)4)24-22(26)19-11-7-9-16-8-5-6-10-18(16)19/h5-15H,1-4H3,(H,24,26). The number of carbonyl (C=O) groups is 1. The first-order valence-electron chi connectivity index (χ1n) is 9.06. The smallest absolute Gasteiger partial charge is 0.256 e. The van der Waals surface area contributed by atoms with Gasteiger partial charge in [0.1, 0.15) is 0 Å². The van der Waals surface area contributed by atoms with E-state index in [0.717, 1.165) is 16.5 Å². The van der Waals surface area contributed by atoms with Gasteiger partial charge in [-0.2, -0.15) is 0 Å².